The first-order chi connectivity index (χ1) is 18.5. The number of fused-ring (bicyclic) bond motifs is 5. The minimum Gasteiger partial charge on any atom is -0.352 e. The molecule has 1 spiro atoms. The highest BCUT2D eigenvalue weighted by molar-refractivity contribution is 6.32. The summed E-state index contributed by atoms with van der Waals surface area (Å²) in [5.74, 6) is -2.15. The summed E-state index contributed by atoms with van der Waals surface area (Å²) in [6, 6.07) is 21.9. The van der Waals surface area contributed by atoms with Crippen LogP contribution < -0.4 is 4.90 Å². The molecular formula is C32H21FN2O3. The number of halogens is 1. The van der Waals surface area contributed by atoms with E-state index in [-0.39, 0.29) is 17.3 Å². The number of nitrogens with zero attached hydrogens (tertiary/aromatic N) is 2. The van der Waals surface area contributed by atoms with Gasteiger partial charge in [-0.15, -0.1) is 0 Å². The van der Waals surface area contributed by atoms with Gasteiger partial charge in [0, 0.05) is 40.7 Å². The number of aromatic nitrogens is 1. The van der Waals surface area contributed by atoms with E-state index < -0.39 is 29.2 Å². The van der Waals surface area contributed by atoms with Gasteiger partial charge in [0.05, 0.1) is 6.04 Å². The zero-order valence-electron chi connectivity index (χ0n) is 20.1. The Hall–Kier alpha value is -4.71. The number of hydrogen-bond acceptors (Lipinski definition) is 5. The van der Waals surface area contributed by atoms with E-state index in [2.05, 4.69) is 4.98 Å². The van der Waals surface area contributed by atoms with E-state index in [1.54, 1.807) is 42.7 Å². The summed E-state index contributed by atoms with van der Waals surface area (Å²) in [4.78, 5) is 49.6. The number of hydrogen-bond donors (Lipinski definition) is 0. The monoisotopic (exact) mass is 500 g/mol. The molecule has 6 heteroatoms. The van der Waals surface area contributed by atoms with Crippen molar-refractivity contribution in [3.05, 3.63) is 137 Å². The third-order valence-electron chi connectivity index (χ3n) is 8.15. The highest BCUT2D eigenvalue weighted by Crippen LogP contribution is 2.60. The van der Waals surface area contributed by atoms with Crippen LogP contribution in [0.1, 0.15) is 48.1 Å². The minimum absolute atomic E-state index is 0.289. The van der Waals surface area contributed by atoms with Crippen molar-refractivity contribution in [2.75, 3.05) is 4.90 Å². The number of carbonyl (C=O) groups excluding carboxylic acids is 3. The highest BCUT2D eigenvalue weighted by Gasteiger charge is 2.71. The van der Waals surface area contributed by atoms with Crippen molar-refractivity contribution in [3.8, 4) is 0 Å². The van der Waals surface area contributed by atoms with Crippen molar-refractivity contribution in [2.24, 2.45) is 5.41 Å². The lowest BCUT2D eigenvalue weighted by Gasteiger charge is -2.37. The number of pyridine rings is 1. The lowest BCUT2D eigenvalue weighted by Crippen LogP contribution is -2.48. The fraction of sp³-hybridized carbons (Fsp3) is 0.125. The molecule has 5 nitrogen and oxygen atoms in total. The Labute approximate surface area is 218 Å². The Kier molecular flexibility index (Phi) is 4.82. The Morgan fingerprint density at radius 1 is 0.842 bits per heavy atom. The molecule has 3 heterocycles. The molecule has 0 N–H and O–H groups in total. The lowest BCUT2D eigenvalue weighted by atomic mass is 9.64. The van der Waals surface area contributed by atoms with Crippen molar-refractivity contribution in [3.63, 3.8) is 0 Å². The maximum absolute atomic E-state index is 14.5. The van der Waals surface area contributed by atoms with Gasteiger partial charge in [-0.05, 0) is 47.5 Å². The second kappa shape index (κ2) is 8.15. The largest absolute Gasteiger partial charge is 0.352 e. The van der Waals surface area contributed by atoms with Crippen molar-refractivity contribution in [1.29, 1.82) is 0 Å². The van der Waals surface area contributed by atoms with Crippen LogP contribution in [0.5, 0.6) is 0 Å². The van der Waals surface area contributed by atoms with Crippen molar-refractivity contribution < 1.29 is 18.8 Å². The molecule has 1 fully saturated rings. The smallest absolute Gasteiger partial charge is 0.185 e. The summed E-state index contributed by atoms with van der Waals surface area (Å²) < 4.78 is 13.8. The second-order valence-corrected chi connectivity index (χ2v) is 9.92. The van der Waals surface area contributed by atoms with Gasteiger partial charge < -0.3 is 4.90 Å². The van der Waals surface area contributed by atoms with E-state index in [9.17, 15) is 18.8 Å². The molecule has 1 aromatic heterocycles. The van der Waals surface area contributed by atoms with Gasteiger partial charge in [0.25, 0.3) is 0 Å². The molecule has 4 aromatic rings. The molecule has 2 aliphatic heterocycles. The molecule has 3 aliphatic rings. The molecule has 0 bridgehead atoms. The first-order valence-electron chi connectivity index (χ1n) is 12.5. The number of para-hydroxylation sites is 1. The molecule has 3 atom stereocenters. The summed E-state index contributed by atoms with van der Waals surface area (Å²) in [5, 5.41) is 0. The third-order valence-corrected chi connectivity index (χ3v) is 8.15. The first kappa shape index (κ1) is 22.5. The summed E-state index contributed by atoms with van der Waals surface area (Å²) in [7, 11) is 0. The Bertz CT molecular complexity index is 1630. The summed E-state index contributed by atoms with van der Waals surface area (Å²) in [6.45, 7) is 0. The Balaban J connectivity index is 1.54. The van der Waals surface area contributed by atoms with Crippen LogP contribution in [0.2, 0.25) is 0 Å². The third kappa shape index (κ3) is 2.85. The quantitative estimate of drug-likeness (QED) is 0.273. The van der Waals surface area contributed by atoms with E-state index in [0.717, 1.165) is 11.3 Å². The number of carbonyl (C=O) groups is 3. The zero-order chi connectivity index (χ0) is 26.0. The van der Waals surface area contributed by atoms with E-state index >= 15 is 0 Å². The number of rotatable bonds is 3. The van der Waals surface area contributed by atoms with Crippen molar-refractivity contribution >= 4 is 29.1 Å². The number of benzene rings is 3. The van der Waals surface area contributed by atoms with Gasteiger partial charge >= 0.3 is 0 Å². The highest BCUT2D eigenvalue weighted by atomic mass is 19.1. The second-order valence-electron chi connectivity index (χ2n) is 9.92. The molecule has 7 rings (SSSR count). The molecule has 1 saturated heterocycles. The van der Waals surface area contributed by atoms with Gasteiger partial charge in [-0.1, -0.05) is 60.7 Å². The van der Waals surface area contributed by atoms with E-state index in [1.807, 2.05) is 47.4 Å². The predicted octanol–water partition coefficient (Wildman–Crippen LogP) is 5.54. The standard InChI is InChI=1S/C32H21FN2O3/c33-22-14-11-20(12-15-22)29(36)28-27(21-7-5-17-34-18-21)32(30(37)23-8-2-3-9-24(23)31(32)38)26-16-13-19-6-1-4-10-25(19)35(26)28/h1-18,26-28H/t26-,27+,28-/m1/s1. The molecular weight excluding hydrogens is 479 g/mol. The van der Waals surface area contributed by atoms with Crippen molar-refractivity contribution in [1.82, 2.24) is 4.98 Å². The van der Waals surface area contributed by atoms with Crippen LogP contribution in [-0.2, 0) is 0 Å². The van der Waals surface area contributed by atoms with Crippen LogP contribution in [0, 0.1) is 11.2 Å². The van der Waals surface area contributed by atoms with E-state index in [0.29, 0.717) is 22.3 Å². The molecule has 38 heavy (non-hydrogen) atoms. The van der Waals surface area contributed by atoms with Gasteiger partial charge in [-0.3, -0.25) is 19.4 Å². The van der Waals surface area contributed by atoms with Gasteiger partial charge in [0.2, 0.25) is 0 Å². The van der Waals surface area contributed by atoms with E-state index in [4.69, 9.17) is 0 Å². The summed E-state index contributed by atoms with van der Waals surface area (Å²) >= 11 is 0. The minimum atomic E-state index is -1.57. The van der Waals surface area contributed by atoms with Crippen LogP contribution >= 0.6 is 0 Å². The summed E-state index contributed by atoms with van der Waals surface area (Å²) in [6.07, 6.45) is 7.06. The van der Waals surface area contributed by atoms with Crippen LogP contribution in [0.15, 0.2) is 103 Å². The summed E-state index contributed by atoms with van der Waals surface area (Å²) in [5.41, 5.74) is 1.76. The first-order valence-corrected chi connectivity index (χ1v) is 12.5. The normalized spacial score (nSPS) is 22.3. The lowest BCUT2D eigenvalue weighted by molar-refractivity contribution is 0.0666. The van der Waals surface area contributed by atoms with Gasteiger partial charge in [0.15, 0.2) is 17.3 Å². The van der Waals surface area contributed by atoms with Crippen LogP contribution in [-0.4, -0.2) is 34.4 Å². The van der Waals surface area contributed by atoms with Gasteiger partial charge in [0.1, 0.15) is 17.3 Å². The van der Waals surface area contributed by atoms with Crippen LogP contribution in [0.25, 0.3) is 6.08 Å². The molecule has 0 amide bonds. The topological polar surface area (TPSA) is 67.3 Å². The van der Waals surface area contributed by atoms with Gasteiger partial charge in [-0.25, -0.2) is 4.39 Å². The van der Waals surface area contributed by atoms with Gasteiger partial charge in [-0.2, -0.15) is 0 Å². The Morgan fingerprint density at radius 3 is 2.21 bits per heavy atom. The van der Waals surface area contributed by atoms with Crippen LogP contribution in [0.3, 0.4) is 0 Å². The fourth-order valence-corrected chi connectivity index (χ4v) is 6.64. The Morgan fingerprint density at radius 2 is 1.53 bits per heavy atom. The SMILES string of the molecule is O=C(c1ccc(F)cc1)[C@H]1[C@H](c2cccnc2)C2(C(=O)c3ccccc3C2=O)[C@H]2C=Cc3ccccc3N12. The van der Waals surface area contributed by atoms with Crippen LogP contribution in [0.4, 0.5) is 10.1 Å². The predicted molar refractivity (Wildman–Crippen MR) is 141 cm³/mol. The molecule has 184 valence electrons. The zero-order valence-corrected chi connectivity index (χ0v) is 20.1. The number of ketones is 3. The number of anilines is 1. The maximum Gasteiger partial charge on any atom is 0.185 e. The molecule has 0 unspecified atom stereocenters. The fourth-order valence-electron chi connectivity index (χ4n) is 6.64. The number of Topliss-reactive ketones (excluding diaryl/α,β-unsaturated/α-hetero) is 3. The average Bonchev–Trinajstić information content (AvgIpc) is 3.40. The average molecular weight is 501 g/mol. The van der Waals surface area contributed by atoms with E-state index in [1.165, 1.54) is 24.3 Å². The molecule has 3 aromatic carbocycles. The van der Waals surface area contributed by atoms with Crippen molar-refractivity contribution in [2.45, 2.75) is 18.0 Å². The molecule has 0 radical (unpaired) electrons. The molecule has 1 aliphatic carbocycles. The maximum atomic E-state index is 14.5. The molecule has 0 saturated carbocycles.